The maximum Gasteiger partial charge on any atom is 0.219 e. The van der Waals surface area contributed by atoms with E-state index in [-0.39, 0.29) is 5.91 Å². The van der Waals surface area contributed by atoms with E-state index in [1.807, 2.05) is 24.3 Å². The van der Waals surface area contributed by atoms with Crippen LogP contribution in [0.4, 0.5) is 0 Å². The first-order chi connectivity index (χ1) is 13.0. The molecule has 4 nitrogen and oxygen atoms in total. The summed E-state index contributed by atoms with van der Waals surface area (Å²) in [6, 6.07) is 13.7. The Hall–Kier alpha value is -1.75. The highest BCUT2D eigenvalue weighted by atomic mass is 35.5. The Kier molecular flexibility index (Phi) is 7.00. The molecule has 0 atom stereocenters. The van der Waals surface area contributed by atoms with Gasteiger partial charge < -0.3 is 10.1 Å². The molecular weight excluding hydrogens is 383 g/mol. The second kappa shape index (κ2) is 9.45. The summed E-state index contributed by atoms with van der Waals surface area (Å²) >= 11 is 12.0. The van der Waals surface area contributed by atoms with Gasteiger partial charge in [0.05, 0.1) is 10.0 Å². The standard InChI is InChI=1S/C21H24Cl2N2O2/c1-24-21(26)9-5-17-12-25(13-17)11-15-2-6-18(7-3-15)27-14-16-4-8-19(22)20(23)10-16/h2-4,6-8,10,17H,5,9,11-14H2,1H3,(H,24,26). The number of nitrogens with zero attached hydrogens (tertiary/aromatic N) is 1. The van der Waals surface area contributed by atoms with Crippen LogP contribution < -0.4 is 10.1 Å². The fourth-order valence-corrected chi connectivity index (χ4v) is 3.51. The Morgan fingerprint density at radius 3 is 2.48 bits per heavy atom. The molecule has 1 fully saturated rings. The van der Waals surface area contributed by atoms with Gasteiger partial charge in [0.1, 0.15) is 12.4 Å². The molecule has 144 valence electrons. The fraction of sp³-hybridized carbons (Fsp3) is 0.381. The largest absolute Gasteiger partial charge is 0.489 e. The van der Waals surface area contributed by atoms with Gasteiger partial charge in [-0.1, -0.05) is 41.4 Å². The number of likely N-dealkylation sites (tertiary alicyclic amines) is 1. The Balaban J connectivity index is 1.40. The summed E-state index contributed by atoms with van der Waals surface area (Å²) in [5, 5.41) is 3.76. The van der Waals surface area contributed by atoms with Gasteiger partial charge in [0.15, 0.2) is 0 Å². The van der Waals surface area contributed by atoms with Crippen LogP contribution in [-0.2, 0) is 17.9 Å². The number of ether oxygens (including phenoxy) is 1. The molecule has 0 aromatic heterocycles. The van der Waals surface area contributed by atoms with Gasteiger partial charge in [-0.2, -0.15) is 0 Å². The number of hydrogen-bond donors (Lipinski definition) is 1. The third-order valence-electron chi connectivity index (χ3n) is 4.81. The molecule has 0 spiro atoms. The molecule has 0 bridgehead atoms. The highest BCUT2D eigenvalue weighted by Gasteiger charge is 2.26. The van der Waals surface area contributed by atoms with Gasteiger partial charge in [-0.15, -0.1) is 0 Å². The first-order valence-corrected chi connectivity index (χ1v) is 9.87. The molecule has 3 rings (SSSR count). The first kappa shape index (κ1) is 20.0. The topological polar surface area (TPSA) is 41.6 Å². The van der Waals surface area contributed by atoms with E-state index in [9.17, 15) is 4.79 Å². The van der Waals surface area contributed by atoms with Crippen LogP contribution >= 0.6 is 23.2 Å². The van der Waals surface area contributed by atoms with Gasteiger partial charge in [-0.05, 0) is 47.7 Å². The second-order valence-electron chi connectivity index (χ2n) is 6.95. The highest BCUT2D eigenvalue weighted by Crippen LogP contribution is 2.25. The van der Waals surface area contributed by atoms with Gasteiger partial charge in [0, 0.05) is 33.1 Å². The van der Waals surface area contributed by atoms with E-state index in [2.05, 4.69) is 22.3 Å². The zero-order valence-corrected chi connectivity index (χ0v) is 16.9. The lowest BCUT2D eigenvalue weighted by atomic mass is 9.94. The average molecular weight is 407 g/mol. The molecule has 1 amide bonds. The van der Waals surface area contributed by atoms with E-state index in [0.717, 1.165) is 37.4 Å². The number of carbonyl (C=O) groups is 1. The summed E-state index contributed by atoms with van der Waals surface area (Å²) in [7, 11) is 1.69. The zero-order chi connectivity index (χ0) is 19.2. The minimum absolute atomic E-state index is 0.130. The van der Waals surface area contributed by atoms with E-state index in [0.29, 0.717) is 29.0 Å². The predicted octanol–water partition coefficient (Wildman–Crippen LogP) is 4.53. The summed E-state index contributed by atoms with van der Waals surface area (Å²) < 4.78 is 5.82. The molecule has 1 aliphatic rings. The molecule has 0 radical (unpaired) electrons. The van der Waals surface area contributed by atoms with Crippen molar-refractivity contribution in [2.24, 2.45) is 5.92 Å². The second-order valence-corrected chi connectivity index (χ2v) is 7.77. The van der Waals surface area contributed by atoms with Crippen LogP contribution in [0.25, 0.3) is 0 Å². The lowest BCUT2D eigenvalue weighted by Crippen LogP contribution is -2.46. The maximum absolute atomic E-state index is 11.3. The molecule has 1 N–H and O–H groups in total. The smallest absolute Gasteiger partial charge is 0.219 e. The minimum Gasteiger partial charge on any atom is -0.489 e. The lowest BCUT2D eigenvalue weighted by molar-refractivity contribution is -0.121. The molecular formula is C21H24Cl2N2O2. The summed E-state index contributed by atoms with van der Waals surface area (Å²) in [4.78, 5) is 13.7. The van der Waals surface area contributed by atoms with Gasteiger partial charge >= 0.3 is 0 Å². The van der Waals surface area contributed by atoms with Gasteiger partial charge in [0.25, 0.3) is 0 Å². The molecule has 1 saturated heterocycles. The number of nitrogens with one attached hydrogen (secondary N) is 1. The molecule has 1 aliphatic heterocycles. The van der Waals surface area contributed by atoms with Crippen LogP contribution in [0.5, 0.6) is 5.75 Å². The average Bonchev–Trinajstić information content (AvgIpc) is 2.65. The Morgan fingerprint density at radius 1 is 1.11 bits per heavy atom. The monoisotopic (exact) mass is 406 g/mol. The van der Waals surface area contributed by atoms with Crippen molar-refractivity contribution in [1.29, 1.82) is 0 Å². The van der Waals surface area contributed by atoms with E-state index >= 15 is 0 Å². The van der Waals surface area contributed by atoms with Crippen LogP contribution in [0.15, 0.2) is 42.5 Å². The van der Waals surface area contributed by atoms with Crippen molar-refractivity contribution in [3.05, 3.63) is 63.6 Å². The molecule has 2 aromatic rings. The van der Waals surface area contributed by atoms with Gasteiger partial charge in [-0.25, -0.2) is 0 Å². The van der Waals surface area contributed by atoms with Crippen LogP contribution in [-0.4, -0.2) is 30.9 Å². The van der Waals surface area contributed by atoms with E-state index in [1.54, 1.807) is 13.1 Å². The van der Waals surface area contributed by atoms with Crippen LogP contribution in [0.3, 0.4) is 0 Å². The third kappa shape index (κ3) is 5.86. The lowest BCUT2D eigenvalue weighted by Gasteiger charge is -2.39. The summed E-state index contributed by atoms with van der Waals surface area (Å²) in [5.74, 6) is 1.60. The number of halogens is 2. The van der Waals surface area contributed by atoms with E-state index in [4.69, 9.17) is 27.9 Å². The van der Waals surface area contributed by atoms with Crippen molar-refractivity contribution in [1.82, 2.24) is 10.2 Å². The summed E-state index contributed by atoms with van der Waals surface area (Å²) in [5.41, 5.74) is 2.25. The quantitative estimate of drug-likeness (QED) is 0.699. The SMILES string of the molecule is CNC(=O)CCC1CN(Cc2ccc(OCc3ccc(Cl)c(Cl)c3)cc2)C1. The normalized spacial score (nSPS) is 14.6. The number of benzene rings is 2. The van der Waals surface area contributed by atoms with Crippen molar-refractivity contribution in [3.63, 3.8) is 0 Å². The Bertz CT molecular complexity index is 774. The number of carbonyl (C=O) groups excluding carboxylic acids is 1. The van der Waals surface area contributed by atoms with E-state index in [1.165, 1.54) is 5.56 Å². The minimum atomic E-state index is 0.130. The Morgan fingerprint density at radius 2 is 1.81 bits per heavy atom. The van der Waals surface area contributed by atoms with Crippen molar-refractivity contribution in [2.75, 3.05) is 20.1 Å². The van der Waals surface area contributed by atoms with Crippen LogP contribution in [0.2, 0.25) is 10.0 Å². The molecule has 0 aliphatic carbocycles. The molecule has 27 heavy (non-hydrogen) atoms. The number of rotatable bonds is 8. The highest BCUT2D eigenvalue weighted by molar-refractivity contribution is 6.42. The maximum atomic E-state index is 11.3. The number of amides is 1. The fourth-order valence-electron chi connectivity index (χ4n) is 3.19. The molecule has 2 aromatic carbocycles. The van der Waals surface area contributed by atoms with Gasteiger partial charge in [-0.3, -0.25) is 9.69 Å². The van der Waals surface area contributed by atoms with Crippen molar-refractivity contribution in [2.45, 2.75) is 26.0 Å². The molecule has 0 unspecified atom stereocenters. The van der Waals surface area contributed by atoms with Crippen molar-refractivity contribution >= 4 is 29.1 Å². The third-order valence-corrected chi connectivity index (χ3v) is 5.55. The summed E-state index contributed by atoms with van der Waals surface area (Å²) in [6.45, 7) is 3.51. The summed E-state index contributed by atoms with van der Waals surface area (Å²) in [6.07, 6.45) is 1.59. The zero-order valence-electron chi connectivity index (χ0n) is 15.4. The molecule has 6 heteroatoms. The predicted molar refractivity (Wildman–Crippen MR) is 109 cm³/mol. The van der Waals surface area contributed by atoms with Crippen molar-refractivity contribution < 1.29 is 9.53 Å². The van der Waals surface area contributed by atoms with Crippen LogP contribution in [0, 0.1) is 5.92 Å². The van der Waals surface area contributed by atoms with Crippen molar-refractivity contribution in [3.8, 4) is 5.75 Å². The first-order valence-electron chi connectivity index (χ1n) is 9.12. The molecule has 0 saturated carbocycles. The molecule has 1 heterocycles. The van der Waals surface area contributed by atoms with Gasteiger partial charge in [0.2, 0.25) is 5.91 Å². The number of hydrogen-bond acceptors (Lipinski definition) is 3. The Labute approximate surface area is 170 Å². The van der Waals surface area contributed by atoms with E-state index < -0.39 is 0 Å². The van der Waals surface area contributed by atoms with Crippen LogP contribution in [0.1, 0.15) is 24.0 Å².